The standard InChI is InChI=1S/C30H46N4O7/c1-27(2,3)22(33-26(39)41-18-14-40-15-18)25(38)34-16-30(28(4,5)29(30)10-7-11-29)13-20(34)24(37)32-19(21(35)23(31)36)12-17-8-6-9-17/h17-20,22H,6-16H2,1-5H3,(H2,31,36)(H,32,37)(H,33,39)/t19?,20-,22?,30+/m0/s1. The number of nitrogens with one attached hydrogen (secondary N) is 2. The van der Waals surface area contributed by atoms with Crippen LogP contribution in [0.2, 0.25) is 0 Å². The van der Waals surface area contributed by atoms with Crippen LogP contribution in [0.5, 0.6) is 0 Å². The van der Waals surface area contributed by atoms with Crippen molar-refractivity contribution >= 4 is 29.6 Å². The molecule has 2 saturated heterocycles. The quantitative estimate of drug-likeness (QED) is 0.356. The molecule has 11 nitrogen and oxygen atoms in total. The SMILES string of the molecule is CC(C)(C)C(NC(=O)OC1COC1)C(=O)N1C[C@]2(C[C@H]1C(=O)NC(CC1CCC1)C(=O)C(N)=O)C(C)(C)C21CCC1. The van der Waals surface area contributed by atoms with Crippen molar-refractivity contribution in [3.63, 3.8) is 0 Å². The third kappa shape index (κ3) is 4.81. The second-order valence-corrected chi connectivity index (χ2v) is 14.7. The fraction of sp³-hybridized carbons (Fsp3) is 0.833. The van der Waals surface area contributed by atoms with Crippen molar-refractivity contribution in [1.82, 2.24) is 15.5 Å². The Balaban J connectivity index is 1.40. The largest absolute Gasteiger partial charge is 0.441 e. The zero-order valence-corrected chi connectivity index (χ0v) is 25.0. The summed E-state index contributed by atoms with van der Waals surface area (Å²) in [5.74, 6) is -2.44. The maximum absolute atomic E-state index is 14.3. The number of amides is 4. The number of carbonyl (C=O) groups excluding carboxylic acids is 5. The number of ether oxygens (including phenoxy) is 2. The van der Waals surface area contributed by atoms with E-state index in [1.165, 1.54) is 0 Å². The van der Waals surface area contributed by atoms with Crippen LogP contribution in [-0.4, -0.2) is 78.5 Å². The van der Waals surface area contributed by atoms with Crippen molar-refractivity contribution in [3.8, 4) is 0 Å². The van der Waals surface area contributed by atoms with Crippen molar-refractivity contribution in [1.29, 1.82) is 0 Å². The van der Waals surface area contributed by atoms with E-state index < -0.39 is 47.2 Å². The predicted molar refractivity (Wildman–Crippen MR) is 148 cm³/mol. The number of primary amides is 1. The summed E-state index contributed by atoms with van der Waals surface area (Å²) in [6.45, 7) is 11.1. The maximum Gasteiger partial charge on any atom is 0.408 e. The first-order chi connectivity index (χ1) is 19.1. The fourth-order valence-electron chi connectivity index (χ4n) is 8.20. The molecule has 2 aliphatic heterocycles. The lowest BCUT2D eigenvalue weighted by Crippen LogP contribution is -2.59. The van der Waals surface area contributed by atoms with Crippen molar-refractivity contribution in [2.75, 3.05) is 19.8 Å². The smallest absolute Gasteiger partial charge is 0.408 e. The molecule has 4 N–H and O–H groups in total. The molecule has 5 aliphatic rings. The molecule has 3 aliphatic carbocycles. The molecule has 4 atom stereocenters. The second kappa shape index (κ2) is 10.2. The number of Topliss-reactive ketones (excluding diaryl/α,β-unsaturated/α-hetero) is 1. The fourth-order valence-corrected chi connectivity index (χ4v) is 8.20. The van der Waals surface area contributed by atoms with E-state index in [4.69, 9.17) is 15.2 Å². The number of alkyl carbamates (subject to hydrolysis) is 1. The van der Waals surface area contributed by atoms with E-state index in [9.17, 15) is 24.0 Å². The molecule has 2 spiro atoms. The molecular weight excluding hydrogens is 528 g/mol. The monoisotopic (exact) mass is 574 g/mol. The number of hydrogen-bond donors (Lipinski definition) is 3. The number of hydrogen-bond acceptors (Lipinski definition) is 7. The Morgan fingerprint density at radius 2 is 1.68 bits per heavy atom. The first kappa shape index (κ1) is 29.8. The lowest BCUT2D eigenvalue weighted by atomic mass is 9.73. The van der Waals surface area contributed by atoms with Crippen LogP contribution in [0.1, 0.15) is 86.0 Å². The van der Waals surface area contributed by atoms with Crippen LogP contribution in [0.15, 0.2) is 0 Å². The van der Waals surface area contributed by atoms with Gasteiger partial charge in [-0.15, -0.1) is 0 Å². The van der Waals surface area contributed by atoms with Gasteiger partial charge in [-0.1, -0.05) is 60.3 Å². The van der Waals surface area contributed by atoms with Crippen LogP contribution in [-0.2, 0) is 28.7 Å². The molecule has 11 heteroatoms. The minimum absolute atomic E-state index is 0.0615. The maximum atomic E-state index is 14.3. The zero-order chi connectivity index (χ0) is 30.0. The van der Waals surface area contributed by atoms with Crippen LogP contribution in [0, 0.1) is 27.6 Å². The Bertz CT molecular complexity index is 1120. The summed E-state index contributed by atoms with van der Waals surface area (Å²) >= 11 is 0. The summed E-state index contributed by atoms with van der Waals surface area (Å²) in [7, 11) is 0. The summed E-state index contributed by atoms with van der Waals surface area (Å²) in [5, 5.41) is 5.60. The molecule has 5 fully saturated rings. The van der Waals surface area contributed by atoms with E-state index in [1.807, 2.05) is 20.8 Å². The molecule has 4 amide bonds. The number of carbonyl (C=O) groups is 5. The van der Waals surface area contributed by atoms with E-state index in [-0.39, 0.29) is 34.2 Å². The van der Waals surface area contributed by atoms with Gasteiger partial charge in [0.15, 0.2) is 6.10 Å². The van der Waals surface area contributed by atoms with Crippen molar-refractivity contribution in [2.24, 2.45) is 33.3 Å². The van der Waals surface area contributed by atoms with Gasteiger partial charge in [0.1, 0.15) is 12.1 Å². The van der Waals surface area contributed by atoms with Crippen LogP contribution in [0.3, 0.4) is 0 Å². The lowest BCUT2D eigenvalue weighted by Gasteiger charge is -2.36. The second-order valence-electron chi connectivity index (χ2n) is 14.7. The number of rotatable bonds is 9. The molecule has 3 saturated carbocycles. The van der Waals surface area contributed by atoms with Gasteiger partial charge >= 0.3 is 6.09 Å². The minimum Gasteiger partial charge on any atom is -0.441 e. The summed E-state index contributed by atoms with van der Waals surface area (Å²) in [6.07, 6.45) is 5.94. The Morgan fingerprint density at radius 1 is 1.02 bits per heavy atom. The molecule has 2 heterocycles. The molecule has 0 aromatic heterocycles. The highest BCUT2D eigenvalue weighted by Gasteiger charge is 2.85. The summed E-state index contributed by atoms with van der Waals surface area (Å²) in [5.41, 5.74) is 4.44. The molecule has 5 rings (SSSR count). The first-order valence-corrected chi connectivity index (χ1v) is 15.1. The van der Waals surface area contributed by atoms with Gasteiger partial charge in [0.05, 0.1) is 19.3 Å². The average Bonchev–Trinajstić information content (AvgIpc) is 3.05. The van der Waals surface area contributed by atoms with Crippen LogP contribution >= 0.6 is 0 Å². The predicted octanol–water partition coefficient (Wildman–Crippen LogP) is 2.05. The van der Waals surface area contributed by atoms with Gasteiger partial charge in [-0.3, -0.25) is 19.2 Å². The van der Waals surface area contributed by atoms with Crippen LogP contribution in [0.4, 0.5) is 4.79 Å². The normalized spacial score (nSPS) is 29.5. The third-order valence-electron chi connectivity index (χ3n) is 11.3. The number of nitrogens with zero attached hydrogens (tertiary/aromatic N) is 1. The first-order valence-electron chi connectivity index (χ1n) is 15.1. The summed E-state index contributed by atoms with van der Waals surface area (Å²) < 4.78 is 10.5. The molecule has 41 heavy (non-hydrogen) atoms. The number of fused-ring (bicyclic) bond motifs is 1. The van der Waals surface area contributed by atoms with Gasteiger partial charge in [-0.25, -0.2) is 4.79 Å². The highest BCUT2D eigenvalue weighted by molar-refractivity contribution is 6.37. The number of likely N-dealkylation sites (tertiary alicyclic amines) is 1. The topological polar surface area (TPSA) is 157 Å². The highest BCUT2D eigenvalue weighted by atomic mass is 16.6. The van der Waals surface area contributed by atoms with E-state index in [0.717, 1.165) is 38.5 Å². The average molecular weight is 575 g/mol. The molecule has 0 radical (unpaired) electrons. The Kier molecular flexibility index (Phi) is 7.44. The van der Waals surface area contributed by atoms with Crippen LogP contribution in [0.25, 0.3) is 0 Å². The zero-order valence-electron chi connectivity index (χ0n) is 25.0. The van der Waals surface area contributed by atoms with Crippen molar-refractivity contribution in [3.05, 3.63) is 0 Å². The van der Waals surface area contributed by atoms with Crippen LogP contribution < -0.4 is 16.4 Å². The molecule has 228 valence electrons. The van der Waals surface area contributed by atoms with Crippen molar-refractivity contribution in [2.45, 2.75) is 110 Å². The summed E-state index contributed by atoms with van der Waals surface area (Å²) in [6, 6.07) is -2.80. The van der Waals surface area contributed by atoms with Gasteiger partial charge in [-0.2, -0.15) is 0 Å². The Morgan fingerprint density at radius 3 is 2.12 bits per heavy atom. The van der Waals surface area contributed by atoms with Gasteiger partial charge in [0.2, 0.25) is 17.6 Å². The van der Waals surface area contributed by atoms with Crippen molar-refractivity contribution < 1.29 is 33.4 Å². The third-order valence-corrected chi connectivity index (χ3v) is 11.3. The molecule has 0 aromatic carbocycles. The summed E-state index contributed by atoms with van der Waals surface area (Å²) in [4.78, 5) is 67.2. The van der Waals surface area contributed by atoms with E-state index in [0.29, 0.717) is 32.6 Å². The van der Waals surface area contributed by atoms with E-state index >= 15 is 0 Å². The molecule has 0 aromatic rings. The Labute approximate surface area is 242 Å². The minimum atomic E-state index is -1.07. The number of nitrogens with two attached hydrogens (primary N) is 1. The van der Waals surface area contributed by atoms with Gasteiger partial charge in [0.25, 0.3) is 5.91 Å². The Hall–Kier alpha value is -2.69. The molecule has 0 bridgehead atoms. The number of ketones is 1. The van der Waals surface area contributed by atoms with Gasteiger partial charge in [0, 0.05) is 12.0 Å². The lowest BCUT2D eigenvalue weighted by molar-refractivity contribution is -0.144. The van der Waals surface area contributed by atoms with Gasteiger partial charge < -0.3 is 30.7 Å². The highest BCUT2D eigenvalue weighted by Crippen LogP contribution is 2.88. The molecule has 2 unspecified atom stereocenters. The van der Waals surface area contributed by atoms with Gasteiger partial charge in [-0.05, 0) is 47.8 Å². The van der Waals surface area contributed by atoms with E-state index in [1.54, 1.807) is 4.90 Å². The van der Waals surface area contributed by atoms with E-state index in [2.05, 4.69) is 24.5 Å². The molecular formula is C30H46N4O7.